The van der Waals surface area contributed by atoms with Crippen molar-refractivity contribution in [3.8, 4) is 0 Å². The number of rotatable bonds is 5. The summed E-state index contributed by atoms with van der Waals surface area (Å²) in [5.41, 5.74) is 0.869. The molecule has 110 valence electrons. The van der Waals surface area contributed by atoms with Crippen molar-refractivity contribution in [2.24, 2.45) is 0 Å². The molecule has 2 unspecified atom stereocenters. The maximum atomic E-state index is 11.0. The van der Waals surface area contributed by atoms with Crippen LogP contribution >= 0.6 is 11.8 Å². The molecule has 20 heavy (non-hydrogen) atoms. The number of benzene rings is 1. The Labute approximate surface area is 125 Å². The largest absolute Gasteiger partial charge is 0.326 e. The van der Waals surface area contributed by atoms with Gasteiger partial charge in [-0.3, -0.25) is 4.79 Å². The fourth-order valence-corrected chi connectivity index (χ4v) is 4.05. The number of carbonyl (C=O) groups excluding carboxylic acids is 1. The Morgan fingerprint density at radius 1 is 1.25 bits per heavy atom. The number of hydrogen-bond acceptors (Lipinski definition) is 3. The Morgan fingerprint density at radius 3 is 2.60 bits per heavy atom. The average molecular weight is 292 g/mol. The van der Waals surface area contributed by atoms with E-state index in [0.717, 1.165) is 12.2 Å². The molecule has 2 N–H and O–H groups in total. The van der Waals surface area contributed by atoms with Crippen LogP contribution in [0.25, 0.3) is 0 Å². The van der Waals surface area contributed by atoms with Crippen LogP contribution in [0.5, 0.6) is 0 Å². The minimum atomic E-state index is -0.0232. The molecule has 0 bridgehead atoms. The molecule has 1 saturated carbocycles. The highest BCUT2D eigenvalue weighted by Crippen LogP contribution is 2.34. The second-order valence-electron chi connectivity index (χ2n) is 5.31. The zero-order valence-corrected chi connectivity index (χ0v) is 13.1. The SMILES string of the molecule is CCNC1CCCCC1Sc1ccc(NC(C)=O)cc1. The summed E-state index contributed by atoms with van der Waals surface area (Å²) in [4.78, 5) is 12.3. The van der Waals surface area contributed by atoms with Gasteiger partial charge in [-0.1, -0.05) is 19.8 Å². The quantitative estimate of drug-likeness (QED) is 0.870. The minimum absolute atomic E-state index is 0.0232. The molecule has 1 amide bonds. The molecule has 3 nitrogen and oxygen atoms in total. The van der Waals surface area contributed by atoms with Crippen molar-refractivity contribution in [2.75, 3.05) is 11.9 Å². The molecular weight excluding hydrogens is 268 g/mol. The zero-order valence-electron chi connectivity index (χ0n) is 12.3. The lowest BCUT2D eigenvalue weighted by Gasteiger charge is -2.31. The Balaban J connectivity index is 1.95. The molecule has 1 aliphatic rings. The molecule has 1 aliphatic carbocycles. The van der Waals surface area contributed by atoms with Crippen LogP contribution in [0.2, 0.25) is 0 Å². The van der Waals surface area contributed by atoms with Crippen LogP contribution in [0.4, 0.5) is 5.69 Å². The predicted octanol–water partition coefficient (Wildman–Crippen LogP) is 3.66. The molecule has 0 heterocycles. The maximum Gasteiger partial charge on any atom is 0.221 e. The summed E-state index contributed by atoms with van der Waals surface area (Å²) in [5.74, 6) is -0.0232. The van der Waals surface area contributed by atoms with Gasteiger partial charge in [-0.15, -0.1) is 11.8 Å². The number of thioether (sulfide) groups is 1. The Morgan fingerprint density at radius 2 is 1.95 bits per heavy atom. The minimum Gasteiger partial charge on any atom is -0.326 e. The molecule has 0 saturated heterocycles. The summed E-state index contributed by atoms with van der Waals surface area (Å²) in [6.07, 6.45) is 5.25. The van der Waals surface area contributed by atoms with Crippen molar-refractivity contribution < 1.29 is 4.79 Å². The van der Waals surface area contributed by atoms with Gasteiger partial charge in [0.25, 0.3) is 0 Å². The summed E-state index contributed by atoms with van der Waals surface area (Å²) in [6.45, 7) is 4.76. The number of hydrogen-bond donors (Lipinski definition) is 2. The molecule has 1 aromatic carbocycles. The van der Waals surface area contributed by atoms with Gasteiger partial charge in [0, 0.05) is 28.8 Å². The first-order valence-electron chi connectivity index (χ1n) is 7.46. The van der Waals surface area contributed by atoms with Gasteiger partial charge >= 0.3 is 0 Å². The molecule has 1 aromatic rings. The van der Waals surface area contributed by atoms with E-state index in [9.17, 15) is 4.79 Å². The summed E-state index contributed by atoms with van der Waals surface area (Å²) in [5, 5.41) is 7.08. The van der Waals surface area contributed by atoms with E-state index >= 15 is 0 Å². The highest BCUT2D eigenvalue weighted by molar-refractivity contribution is 8.00. The Kier molecular flexibility index (Phi) is 5.92. The van der Waals surface area contributed by atoms with E-state index in [-0.39, 0.29) is 5.91 Å². The Bertz CT molecular complexity index is 431. The lowest BCUT2D eigenvalue weighted by atomic mass is 9.95. The third kappa shape index (κ3) is 4.53. The third-order valence-electron chi connectivity index (χ3n) is 3.63. The molecular formula is C16H24N2OS. The van der Waals surface area contributed by atoms with E-state index < -0.39 is 0 Å². The second kappa shape index (κ2) is 7.70. The molecule has 0 aromatic heterocycles. The van der Waals surface area contributed by atoms with Crippen molar-refractivity contribution in [3.63, 3.8) is 0 Å². The van der Waals surface area contributed by atoms with E-state index in [1.807, 2.05) is 23.9 Å². The zero-order chi connectivity index (χ0) is 14.4. The van der Waals surface area contributed by atoms with Crippen molar-refractivity contribution in [1.82, 2.24) is 5.32 Å². The highest BCUT2D eigenvalue weighted by atomic mass is 32.2. The maximum absolute atomic E-state index is 11.0. The first kappa shape index (κ1) is 15.4. The van der Waals surface area contributed by atoms with E-state index in [2.05, 4.69) is 29.7 Å². The van der Waals surface area contributed by atoms with E-state index in [1.165, 1.54) is 37.5 Å². The van der Waals surface area contributed by atoms with Crippen molar-refractivity contribution in [1.29, 1.82) is 0 Å². The van der Waals surface area contributed by atoms with Crippen LogP contribution in [0.3, 0.4) is 0 Å². The van der Waals surface area contributed by atoms with Gasteiger partial charge in [-0.05, 0) is 43.7 Å². The van der Waals surface area contributed by atoms with Crippen LogP contribution in [-0.4, -0.2) is 23.7 Å². The van der Waals surface area contributed by atoms with Crippen molar-refractivity contribution in [2.45, 2.75) is 55.7 Å². The fourth-order valence-electron chi connectivity index (χ4n) is 2.73. The number of amides is 1. The first-order chi connectivity index (χ1) is 9.69. The fraction of sp³-hybridized carbons (Fsp3) is 0.562. The van der Waals surface area contributed by atoms with Crippen LogP contribution < -0.4 is 10.6 Å². The average Bonchev–Trinajstić information content (AvgIpc) is 2.43. The van der Waals surface area contributed by atoms with Crippen LogP contribution in [0, 0.1) is 0 Å². The summed E-state index contributed by atoms with van der Waals surface area (Å²) in [7, 11) is 0. The van der Waals surface area contributed by atoms with Gasteiger partial charge in [0.1, 0.15) is 0 Å². The number of anilines is 1. The van der Waals surface area contributed by atoms with Crippen molar-refractivity contribution >= 4 is 23.4 Å². The van der Waals surface area contributed by atoms with Gasteiger partial charge in [0.05, 0.1) is 0 Å². The van der Waals surface area contributed by atoms with Crippen LogP contribution in [-0.2, 0) is 4.79 Å². The van der Waals surface area contributed by atoms with Crippen LogP contribution in [0.15, 0.2) is 29.2 Å². The Hall–Kier alpha value is -1.00. The monoisotopic (exact) mass is 292 g/mol. The molecule has 4 heteroatoms. The topological polar surface area (TPSA) is 41.1 Å². The molecule has 0 radical (unpaired) electrons. The smallest absolute Gasteiger partial charge is 0.221 e. The normalized spacial score (nSPS) is 22.5. The number of carbonyl (C=O) groups is 1. The van der Waals surface area contributed by atoms with Crippen molar-refractivity contribution in [3.05, 3.63) is 24.3 Å². The summed E-state index contributed by atoms with van der Waals surface area (Å²) in [6, 6.07) is 8.80. The number of nitrogens with one attached hydrogen (secondary N) is 2. The van der Waals surface area contributed by atoms with E-state index in [0.29, 0.717) is 11.3 Å². The van der Waals surface area contributed by atoms with E-state index in [4.69, 9.17) is 0 Å². The summed E-state index contributed by atoms with van der Waals surface area (Å²) < 4.78 is 0. The van der Waals surface area contributed by atoms with Gasteiger partial charge in [-0.2, -0.15) is 0 Å². The van der Waals surface area contributed by atoms with Gasteiger partial charge in [0.2, 0.25) is 5.91 Å². The second-order valence-corrected chi connectivity index (χ2v) is 6.62. The highest BCUT2D eigenvalue weighted by Gasteiger charge is 2.24. The molecule has 2 rings (SSSR count). The van der Waals surface area contributed by atoms with Gasteiger partial charge < -0.3 is 10.6 Å². The molecule has 0 aliphatic heterocycles. The summed E-state index contributed by atoms with van der Waals surface area (Å²) >= 11 is 1.96. The van der Waals surface area contributed by atoms with Gasteiger partial charge in [0.15, 0.2) is 0 Å². The lowest BCUT2D eigenvalue weighted by Crippen LogP contribution is -2.40. The first-order valence-corrected chi connectivity index (χ1v) is 8.34. The van der Waals surface area contributed by atoms with Crippen LogP contribution in [0.1, 0.15) is 39.5 Å². The molecule has 0 spiro atoms. The lowest BCUT2D eigenvalue weighted by molar-refractivity contribution is -0.114. The van der Waals surface area contributed by atoms with Gasteiger partial charge in [-0.25, -0.2) is 0 Å². The van der Waals surface area contributed by atoms with E-state index in [1.54, 1.807) is 0 Å². The third-order valence-corrected chi connectivity index (χ3v) is 5.04. The molecule has 2 atom stereocenters. The molecule has 1 fully saturated rings. The predicted molar refractivity (Wildman–Crippen MR) is 86.3 cm³/mol. The standard InChI is InChI=1S/C16H24N2OS/c1-3-17-15-6-4-5-7-16(15)20-14-10-8-13(9-11-14)18-12(2)19/h8-11,15-17H,3-7H2,1-2H3,(H,18,19).